The molecule has 2 heterocycles. The van der Waals surface area contributed by atoms with Crippen LogP contribution in [0.25, 0.3) is 10.8 Å². The number of hydrogen-bond acceptors (Lipinski definition) is 4. The summed E-state index contributed by atoms with van der Waals surface area (Å²) in [5.41, 5.74) is 0.763. The summed E-state index contributed by atoms with van der Waals surface area (Å²) in [6.45, 7) is 1.82. The van der Waals surface area contributed by atoms with Gasteiger partial charge in [0.15, 0.2) is 10.8 Å². The van der Waals surface area contributed by atoms with Crippen LogP contribution in [0.4, 0.5) is 0 Å². The molecule has 0 aliphatic carbocycles. The van der Waals surface area contributed by atoms with Crippen LogP contribution < -0.4 is 0 Å². The first-order valence-corrected chi connectivity index (χ1v) is 4.54. The molecule has 0 fully saturated rings. The van der Waals surface area contributed by atoms with Crippen LogP contribution in [0.5, 0.6) is 0 Å². The summed E-state index contributed by atoms with van der Waals surface area (Å²) in [7, 11) is 0. The zero-order valence-electron chi connectivity index (χ0n) is 6.94. The largest absolute Gasteiger partial charge is 0.462 e. The molecule has 0 aliphatic heterocycles. The van der Waals surface area contributed by atoms with E-state index in [9.17, 15) is 0 Å². The number of aryl methyl sites for hydroxylation is 1. The maximum Gasteiger partial charge on any atom is 0.162 e. The summed E-state index contributed by atoms with van der Waals surface area (Å²) in [6.07, 6.45) is 1.60. The molecule has 2 rings (SSSR count). The maximum absolute atomic E-state index is 8.72. The first kappa shape index (κ1) is 8.02. The van der Waals surface area contributed by atoms with Gasteiger partial charge in [-0.05, 0) is 19.1 Å². The van der Waals surface area contributed by atoms with Gasteiger partial charge >= 0.3 is 0 Å². The predicted octanol–water partition coefficient (Wildman–Crippen LogP) is 2.58. The van der Waals surface area contributed by atoms with Gasteiger partial charge in [0.2, 0.25) is 0 Å². The van der Waals surface area contributed by atoms with E-state index in [2.05, 4.69) is 11.1 Å². The van der Waals surface area contributed by atoms with E-state index in [1.807, 2.05) is 13.0 Å². The lowest BCUT2D eigenvalue weighted by Crippen LogP contribution is -1.74. The van der Waals surface area contributed by atoms with E-state index >= 15 is 0 Å². The van der Waals surface area contributed by atoms with Crippen LogP contribution in [-0.2, 0) is 0 Å². The van der Waals surface area contributed by atoms with Gasteiger partial charge in [-0.15, -0.1) is 0 Å². The lowest BCUT2D eigenvalue weighted by atomic mass is 10.4. The zero-order valence-corrected chi connectivity index (χ0v) is 7.76. The standard InChI is InChI=1S/C9H6N2OS/c1-6-8(5-10)13-9(11-6)7-3-2-4-12-7/h2-4H,1H3. The van der Waals surface area contributed by atoms with Crippen molar-refractivity contribution in [1.29, 1.82) is 5.26 Å². The minimum Gasteiger partial charge on any atom is -0.462 e. The molecule has 64 valence electrons. The number of thiazole rings is 1. The lowest BCUT2D eigenvalue weighted by molar-refractivity contribution is 0.581. The first-order chi connectivity index (χ1) is 6.31. The summed E-state index contributed by atoms with van der Waals surface area (Å²) in [6, 6.07) is 5.73. The summed E-state index contributed by atoms with van der Waals surface area (Å²) >= 11 is 1.35. The number of furan rings is 1. The van der Waals surface area contributed by atoms with E-state index in [4.69, 9.17) is 9.68 Å². The Morgan fingerprint density at radius 1 is 1.62 bits per heavy atom. The highest BCUT2D eigenvalue weighted by atomic mass is 32.1. The van der Waals surface area contributed by atoms with Gasteiger partial charge in [-0.2, -0.15) is 5.26 Å². The fourth-order valence-corrected chi connectivity index (χ4v) is 1.84. The molecule has 0 spiro atoms. The number of nitriles is 1. The minimum atomic E-state index is 0.645. The van der Waals surface area contributed by atoms with Crippen molar-refractivity contribution in [2.45, 2.75) is 6.92 Å². The first-order valence-electron chi connectivity index (χ1n) is 3.72. The van der Waals surface area contributed by atoms with E-state index < -0.39 is 0 Å². The smallest absolute Gasteiger partial charge is 0.162 e. The van der Waals surface area contributed by atoms with Crippen molar-refractivity contribution >= 4 is 11.3 Å². The van der Waals surface area contributed by atoms with Gasteiger partial charge in [-0.1, -0.05) is 11.3 Å². The predicted molar refractivity (Wildman–Crippen MR) is 49.3 cm³/mol. The Morgan fingerprint density at radius 3 is 3.00 bits per heavy atom. The second kappa shape index (κ2) is 3.04. The highest BCUT2D eigenvalue weighted by Gasteiger charge is 2.09. The summed E-state index contributed by atoms with van der Waals surface area (Å²) in [5, 5.41) is 9.48. The molecule has 3 nitrogen and oxygen atoms in total. The fraction of sp³-hybridized carbons (Fsp3) is 0.111. The van der Waals surface area contributed by atoms with Crippen molar-refractivity contribution in [3.05, 3.63) is 29.0 Å². The number of nitrogens with zero attached hydrogens (tertiary/aromatic N) is 2. The molecule has 0 aliphatic rings. The van der Waals surface area contributed by atoms with Crippen molar-refractivity contribution in [3.63, 3.8) is 0 Å². The van der Waals surface area contributed by atoms with Gasteiger partial charge in [0.1, 0.15) is 10.9 Å². The topological polar surface area (TPSA) is 49.8 Å². The highest BCUT2D eigenvalue weighted by Crippen LogP contribution is 2.27. The monoisotopic (exact) mass is 190 g/mol. The Morgan fingerprint density at radius 2 is 2.46 bits per heavy atom. The third-order valence-electron chi connectivity index (χ3n) is 1.63. The third-order valence-corrected chi connectivity index (χ3v) is 2.71. The SMILES string of the molecule is Cc1nc(-c2ccco2)sc1C#N. The fourth-order valence-electron chi connectivity index (χ4n) is 1.01. The molecule has 13 heavy (non-hydrogen) atoms. The molecule has 2 aromatic rings. The average molecular weight is 190 g/mol. The molecule has 0 radical (unpaired) electrons. The van der Waals surface area contributed by atoms with Crippen LogP contribution in [0.15, 0.2) is 22.8 Å². The molecule has 0 saturated heterocycles. The maximum atomic E-state index is 8.72. The van der Waals surface area contributed by atoms with Gasteiger partial charge in [-0.3, -0.25) is 0 Å². The summed E-state index contributed by atoms with van der Waals surface area (Å²) < 4.78 is 5.17. The van der Waals surface area contributed by atoms with Crippen LogP contribution in [0.2, 0.25) is 0 Å². The molecule has 0 saturated carbocycles. The summed E-state index contributed by atoms with van der Waals surface area (Å²) in [4.78, 5) is 4.87. The lowest BCUT2D eigenvalue weighted by Gasteiger charge is -1.84. The van der Waals surface area contributed by atoms with Gasteiger partial charge in [-0.25, -0.2) is 4.98 Å². The van der Waals surface area contributed by atoms with E-state index in [0.717, 1.165) is 16.5 Å². The van der Waals surface area contributed by atoms with Crippen LogP contribution >= 0.6 is 11.3 Å². The molecule has 0 N–H and O–H groups in total. The van der Waals surface area contributed by atoms with Crippen LogP contribution in [0.1, 0.15) is 10.6 Å². The minimum absolute atomic E-state index is 0.645. The Kier molecular flexibility index (Phi) is 1.87. The average Bonchev–Trinajstić information content (AvgIpc) is 2.71. The van der Waals surface area contributed by atoms with Crippen LogP contribution in [0, 0.1) is 18.3 Å². The molecular formula is C9H6N2OS. The van der Waals surface area contributed by atoms with Crippen molar-refractivity contribution in [2.75, 3.05) is 0 Å². The van der Waals surface area contributed by atoms with Crippen molar-refractivity contribution in [1.82, 2.24) is 4.98 Å². The Hall–Kier alpha value is -1.60. The second-order valence-corrected chi connectivity index (χ2v) is 3.52. The molecule has 0 aromatic carbocycles. The van der Waals surface area contributed by atoms with Gasteiger partial charge in [0.25, 0.3) is 0 Å². The molecule has 0 amide bonds. The van der Waals surface area contributed by atoms with Crippen molar-refractivity contribution in [3.8, 4) is 16.8 Å². The van der Waals surface area contributed by atoms with Gasteiger partial charge in [0, 0.05) is 0 Å². The second-order valence-electron chi connectivity index (χ2n) is 2.52. The molecular weight excluding hydrogens is 184 g/mol. The van der Waals surface area contributed by atoms with Crippen molar-refractivity contribution in [2.24, 2.45) is 0 Å². The highest BCUT2D eigenvalue weighted by molar-refractivity contribution is 7.15. The third kappa shape index (κ3) is 1.34. The number of rotatable bonds is 1. The van der Waals surface area contributed by atoms with Gasteiger partial charge in [0.05, 0.1) is 12.0 Å². The van der Waals surface area contributed by atoms with Crippen LogP contribution in [0.3, 0.4) is 0 Å². The van der Waals surface area contributed by atoms with E-state index in [1.165, 1.54) is 11.3 Å². The molecule has 0 atom stereocenters. The van der Waals surface area contributed by atoms with E-state index in [1.54, 1.807) is 12.3 Å². The number of hydrogen-bond donors (Lipinski definition) is 0. The molecule has 0 unspecified atom stereocenters. The normalized spacial score (nSPS) is 9.85. The van der Waals surface area contributed by atoms with E-state index in [-0.39, 0.29) is 0 Å². The summed E-state index contributed by atoms with van der Waals surface area (Å²) in [5.74, 6) is 0.717. The van der Waals surface area contributed by atoms with Crippen molar-refractivity contribution < 1.29 is 4.42 Å². The van der Waals surface area contributed by atoms with E-state index in [0.29, 0.717) is 4.88 Å². The molecule has 4 heteroatoms. The Balaban J connectivity index is 2.50. The molecule has 0 bridgehead atoms. The molecule has 2 aromatic heterocycles. The Labute approximate surface area is 79.3 Å². The number of aromatic nitrogens is 1. The van der Waals surface area contributed by atoms with Gasteiger partial charge < -0.3 is 4.42 Å². The zero-order chi connectivity index (χ0) is 9.26. The quantitative estimate of drug-likeness (QED) is 0.694. The van der Waals surface area contributed by atoms with Crippen LogP contribution in [-0.4, -0.2) is 4.98 Å². The Bertz CT molecular complexity index is 450.